The number of carbonyl (C=O) groups is 1. The van der Waals surface area contributed by atoms with Gasteiger partial charge in [-0.25, -0.2) is 0 Å². The van der Waals surface area contributed by atoms with Gasteiger partial charge >= 0.3 is 0 Å². The predicted molar refractivity (Wildman–Crippen MR) is 54.9 cm³/mol. The van der Waals surface area contributed by atoms with Crippen LogP contribution in [0.1, 0.15) is 33.6 Å². The fourth-order valence-corrected chi connectivity index (χ4v) is 2.62. The van der Waals surface area contributed by atoms with Crippen molar-refractivity contribution in [1.82, 2.24) is 4.90 Å². The third kappa shape index (κ3) is 2.37. The molecule has 1 saturated heterocycles. The molecule has 1 aliphatic rings. The van der Waals surface area contributed by atoms with Gasteiger partial charge in [0.1, 0.15) is 5.88 Å². The van der Waals surface area contributed by atoms with Crippen molar-refractivity contribution < 1.29 is 4.79 Å². The molecule has 0 aromatic heterocycles. The maximum Gasteiger partial charge on any atom is 0.237 e. The van der Waals surface area contributed by atoms with E-state index < -0.39 is 0 Å². The maximum absolute atomic E-state index is 11.5. The summed E-state index contributed by atoms with van der Waals surface area (Å²) in [7, 11) is 0. The average molecular weight is 204 g/mol. The second-order valence-electron chi connectivity index (χ2n) is 4.21. The minimum Gasteiger partial charge on any atom is -0.336 e. The summed E-state index contributed by atoms with van der Waals surface area (Å²) >= 11 is 5.56. The van der Waals surface area contributed by atoms with Crippen molar-refractivity contribution in [3.63, 3.8) is 0 Å². The first-order valence-corrected chi connectivity index (χ1v) is 5.46. The smallest absolute Gasteiger partial charge is 0.237 e. The lowest BCUT2D eigenvalue weighted by Gasteiger charge is -2.41. The summed E-state index contributed by atoms with van der Waals surface area (Å²) < 4.78 is 0. The summed E-state index contributed by atoms with van der Waals surface area (Å²) in [6, 6.07) is 0.704. The number of likely N-dealkylation sites (tertiary alicyclic amines) is 1. The standard InChI is InChI=1S/C10H18ClNO/c1-7-4-8(2)12(9(3)5-7)10(13)6-11/h7-9H,4-6H2,1-3H3/t8-,9-/m0/s1. The Labute approximate surface area is 85.2 Å². The summed E-state index contributed by atoms with van der Waals surface area (Å²) in [5.74, 6) is 0.918. The van der Waals surface area contributed by atoms with Crippen LogP contribution in [-0.2, 0) is 4.79 Å². The molecule has 0 bridgehead atoms. The Morgan fingerprint density at radius 2 is 1.77 bits per heavy atom. The van der Waals surface area contributed by atoms with E-state index in [1.54, 1.807) is 0 Å². The Morgan fingerprint density at radius 1 is 1.31 bits per heavy atom. The zero-order valence-corrected chi connectivity index (χ0v) is 9.34. The predicted octanol–water partition coefficient (Wildman–Crippen LogP) is 2.26. The fraction of sp³-hybridized carbons (Fsp3) is 0.900. The molecule has 0 radical (unpaired) electrons. The maximum atomic E-state index is 11.5. The normalized spacial score (nSPS) is 34.8. The van der Waals surface area contributed by atoms with Gasteiger partial charge in [0.2, 0.25) is 5.91 Å². The molecular weight excluding hydrogens is 186 g/mol. The molecule has 76 valence electrons. The third-order valence-corrected chi connectivity index (χ3v) is 3.07. The summed E-state index contributed by atoms with van der Waals surface area (Å²) in [5, 5.41) is 0. The van der Waals surface area contributed by atoms with Gasteiger partial charge in [0, 0.05) is 12.1 Å². The quantitative estimate of drug-likeness (QED) is 0.599. The molecule has 1 heterocycles. The molecule has 0 aromatic carbocycles. The number of nitrogens with zero attached hydrogens (tertiary/aromatic N) is 1. The van der Waals surface area contributed by atoms with Gasteiger partial charge in [0.25, 0.3) is 0 Å². The number of alkyl halides is 1. The van der Waals surface area contributed by atoms with Crippen molar-refractivity contribution in [1.29, 1.82) is 0 Å². The van der Waals surface area contributed by atoms with Crippen molar-refractivity contribution in [2.45, 2.75) is 45.7 Å². The van der Waals surface area contributed by atoms with Crippen molar-refractivity contribution in [2.24, 2.45) is 5.92 Å². The van der Waals surface area contributed by atoms with E-state index in [0.717, 1.165) is 18.8 Å². The Morgan fingerprint density at radius 3 is 2.15 bits per heavy atom. The number of hydrogen-bond acceptors (Lipinski definition) is 1. The zero-order valence-electron chi connectivity index (χ0n) is 8.59. The molecule has 2 nitrogen and oxygen atoms in total. The lowest BCUT2D eigenvalue weighted by atomic mass is 9.88. The first-order valence-electron chi connectivity index (χ1n) is 4.93. The van der Waals surface area contributed by atoms with Crippen LogP contribution in [0.4, 0.5) is 0 Å². The first-order chi connectivity index (χ1) is 6.06. The first kappa shape index (κ1) is 10.8. The monoisotopic (exact) mass is 203 g/mol. The van der Waals surface area contributed by atoms with Crippen LogP contribution in [0.15, 0.2) is 0 Å². The minimum absolute atomic E-state index is 0.0774. The number of carbonyl (C=O) groups excluding carboxylic acids is 1. The van der Waals surface area contributed by atoms with Crippen LogP contribution >= 0.6 is 11.6 Å². The summed E-state index contributed by atoms with van der Waals surface area (Å²) in [6.07, 6.45) is 2.21. The van der Waals surface area contributed by atoms with E-state index in [4.69, 9.17) is 11.6 Å². The third-order valence-electron chi connectivity index (χ3n) is 2.84. The van der Waals surface area contributed by atoms with Gasteiger partial charge in [-0.15, -0.1) is 11.6 Å². The molecule has 3 heteroatoms. The van der Waals surface area contributed by atoms with E-state index in [0.29, 0.717) is 12.1 Å². The summed E-state index contributed by atoms with van der Waals surface area (Å²) in [6.45, 7) is 6.46. The van der Waals surface area contributed by atoms with Gasteiger partial charge in [-0.05, 0) is 32.6 Å². The lowest BCUT2D eigenvalue weighted by Crippen LogP contribution is -2.50. The van der Waals surface area contributed by atoms with Crippen LogP contribution in [0.2, 0.25) is 0 Å². The Kier molecular flexibility index (Phi) is 3.60. The van der Waals surface area contributed by atoms with Crippen molar-refractivity contribution in [3.8, 4) is 0 Å². The van der Waals surface area contributed by atoms with Crippen LogP contribution < -0.4 is 0 Å². The molecule has 0 unspecified atom stereocenters. The van der Waals surface area contributed by atoms with Crippen LogP contribution in [0, 0.1) is 5.92 Å². The summed E-state index contributed by atoms with van der Waals surface area (Å²) in [5.41, 5.74) is 0. The molecule has 0 aromatic rings. The molecule has 2 atom stereocenters. The average Bonchev–Trinajstić information content (AvgIpc) is 2.02. The van der Waals surface area contributed by atoms with Gasteiger partial charge in [0.15, 0.2) is 0 Å². The van der Waals surface area contributed by atoms with E-state index >= 15 is 0 Å². The van der Waals surface area contributed by atoms with E-state index in [2.05, 4.69) is 20.8 Å². The molecular formula is C10H18ClNO. The lowest BCUT2D eigenvalue weighted by molar-refractivity contribution is -0.135. The second-order valence-corrected chi connectivity index (χ2v) is 4.48. The van der Waals surface area contributed by atoms with Crippen LogP contribution in [0.3, 0.4) is 0 Å². The molecule has 0 N–H and O–H groups in total. The van der Waals surface area contributed by atoms with E-state index in [9.17, 15) is 4.79 Å². The highest BCUT2D eigenvalue weighted by Crippen LogP contribution is 2.27. The largest absolute Gasteiger partial charge is 0.336 e. The van der Waals surface area contributed by atoms with Gasteiger partial charge in [-0.2, -0.15) is 0 Å². The number of piperidine rings is 1. The minimum atomic E-state index is 0.0774. The number of amides is 1. The highest BCUT2D eigenvalue weighted by Gasteiger charge is 2.31. The van der Waals surface area contributed by atoms with Crippen molar-refractivity contribution in [2.75, 3.05) is 5.88 Å². The Bertz CT molecular complexity index is 183. The van der Waals surface area contributed by atoms with Crippen LogP contribution in [-0.4, -0.2) is 28.8 Å². The molecule has 1 aliphatic heterocycles. The molecule has 1 fully saturated rings. The van der Waals surface area contributed by atoms with Gasteiger partial charge in [-0.3, -0.25) is 4.79 Å². The molecule has 1 rings (SSSR count). The van der Waals surface area contributed by atoms with E-state index in [-0.39, 0.29) is 11.8 Å². The van der Waals surface area contributed by atoms with E-state index in [1.807, 2.05) is 4.90 Å². The number of rotatable bonds is 1. The van der Waals surface area contributed by atoms with Crippen LogP contribution in [0.5, 0.6) is 0 Å². The SMILES string of the molecule is CC1C[C@H](C)N(C(=O)CCl)[C@@H](C)C1. The fourth-order valence-electron chi connectivity index (χ4n) is 2.48. The number of hydrogen-bond donors (Lipinski definition) is 0. The molecule has 0 spiro atoms. The van der Waals surface area contributed by atoms with Crippen molar-refractivity contribution in [3.05, 3.63) is 0 Å². The Hall–Kier alpha value is -0.240. The van der Waals surface area contributed by atoms with E-state index in [1.165, 1.54) is 0 Å². The number of halogens is 1. The van der Waals surface area contributed by atoms with Crippen molar-refractivity contribution >= 4 is 17.5 Å². The second kappa shape index (κ2) is 4.32. The highest BCUT2D eigenvalue weighted by atomic mass is 35.5. The topological polar surface area (TPSA) is 20.3 Å². The molecule has 1 amide bonds. The van der Waals surface area contributed by atoms with Gasteiger partial charge < -0.3 is 4.90 Å². The Balaban J connectivity index is 2.66. The molecule has 0 saturated carbocycles. The molecule has 0 aliphatic carbocycles. The zero-order chi connectivity index (χ0) is 10.0. The van der Waals surface area contributed by atoms with Gasteiger partial charge in [0.05, 0.1) is 0 Å². The summed E-state index contributed by atoms with van der Waals surface area (Å²) in [4.78, 5) is 13.4. The highest BCUT2D eigenvalue weighted by molar-refractivity contribution is 6.27. The molecule has 13 heavy (non-hydrogen) atoms. The van der Waals surface area contributed by atoms with Crippen LogP contribution in [0.25, 0.3) is 0 Å². The van der Waals surface area contributed by atoms with Gasteiger partial charge in [-0.1, -0.05) is 6.92 Å².